The summed E-state index contributed by atoms with van der Waals surface area (Å²) in [6.07, 6.45) is 4.22. The van der Waals surface area contributed by atoms with Crippen molar-refractivity contribution < 1.29 is 14.7 Å². The lowest BCUT2D eigenvalue weighted by Crippen LogP contribution is -2.40. The van der Waals surface area contributed by atoms with Crippen LogP contribution in [0.15, 0.2) is 18.6 Å². The monoisotopic (exact) mass is 311 g/mol. The Morgan fingerprint density at radius 1 is 1.33 bits per heavy atom. The molecule has 0 saturated carbocycles. The van der Waals surface area contributed by atoms with Gasteiger partial charge in [0, 0.05) is 13.2 Å². The molecular formula is C12H14ClN5O3. The van der Waals surface area contributed by atoms with Crippen molar-refractivity contribution in [2.24, 2.45) is 7.05 Å². The summed E-state index contributed by atoms with van der Waals surface area (Å²) in [5.74, 6) is -1.61. The molecule has 2 aromatic rings. The van der Waals surface area contributed by atoms with E-state index in [1.807, 2.05) is 0 Å². The molecule has 0 saturated heterocycles. The van der Waals surface area contributed by atoms with Crippen molar-refractivity contribution in [3.8, 4) is 0 Å². The van der Waals surface area contributed by atoms with Gasteiger partial charge >= 0.3 is 5.97 Å². The van der Waals surface area contributed by atoms with Crippen LogP contribution in [0.25, 0.3) is 0 Å². The van der Waals surface area contributed by atoms with Crippen LogP contribution in [0.2, 0.25) is 5.02 Å². The van der Waals surface area contributed by atoms with E-state index in [0.717, 1.165) is 0 Å². The zero-order valence-electron chi connectivity index (χ0n) is 11.7. The molecule has 0 aromatic carbocycles. The molecule has 0 atom stereocenters. The summed E-state index contributed by atoms with van der Waals surface area (Å²) < 4.78 is 2.58. The molecule has 1 amide bonds. The van der Waals surface area contributed by atoms with Crippen molar-refractivity contribution >= 4 is 29.2 Å². The summed E-state index contributed by atoms with van der Waals surface area (Å²) in [6.45, 7) is 3.28. The number of aromatic carboxylic acids is 1. The molecule has 2 rings (SSSR count). The van der Waals surface area contributed by atoms with Crippen molar-refractivity contribution in [2.45, 2.75) is 19.4 Å². The Bertz CT molecular complexity index is 704. The quantitative estimate of drug-likeness (QED) is 0.887. The van der Waals surface area contributed by atoms with Gasteiger partial charge in [-0.25, -0.2) is 4.79 Å². The lowest BCUT2D eigenvalue weighted by atomic mass is 10.0. The Balaban J connectivity index is 2.28. The Hall–Kier alpha value is -2.35. The molecule has 0 aliphatic carbocycles. The van der Waals surface area contributed by atoms with Crippen LogP contribution >= 0.6 is 11.6 Å². The second-order valence-electron chi connectivity index (χ2n) is 4.95. The fourth-order valence-corrected chi connectivity index (χ4v) is 1.90. The van der Waals surface area contributed by atoms with Crippen LogP contribution in [-0.2, 0) is 17.4 Å². The molecule has 0 unspecified atom stereocenters. The molecule has 0 bridgehead atoms. The fraction of sp³-hybridized carbons (Fsp3) is 0.333. The molecule has 0 spiro atoms. The molecule has 2 aromatic heterocycles. The number of hydrogen-bond acceptors (Lipinski definition) is 4. The first-order valence-electron chi connectivity index (χ1n) is 6.01. The topological polar surface area (TPSA) is 102 Å². The molecule has 21 heavy (non-hydrogen) atoms. The highest BCUT2D eigenvalue weighted by Gasteiger charge is 2.32. The van der Waals surface area contributed by atoms with Crippen LogP contribution in [0.3, 0.4) is 0 Å². The van der Waals surface area contributed by atoms with Gasteiger partial charge in [-0.05, 0) is 13.8 Å². The smallest absolute Gasteiger partial charge is 0.356 e. The molecule has 0 radical (unpaired) electrons. The lowest BCUT2D eigenvalue weighted by molar-refractivity contribution is -0.123. The number of halogens is 1. The molecular weight excluding hydrogens is 298 g/mol. The third kappa shape index (κ3) is 2.75. The minimum Gasteiger partial charge on any atom is -0.476 e. The van der Waals surface area contributed by atoms with Crippen LogP contribution in [0.1, 0.15) is 24.3 Å². The van der Waals surface area contributed by atoms with Gasteiger partial charge in [0.05, 0.1) is 23.1 Å². The summed E-state index contributed by atoms with van der Waals surface area (Å²) >= 11 is 5.80. The number of anilines is 1. The number of rotatable bonds is 4. The molecule has 2 N–H and O–H groups in total. The Morgan fingerprint density at radius 3 is 2.52 bits per heavy atom. The molecule has 9 heteroatoms. The number of nitrogens with zero attached hydrogens (tertiary/aromatic N) is 4. The van der Waals surface area contributed by atoms with Gasteiger partial charge in [0.1, 0.15) is 5.54 Å². The van der Waals surface area contributed by atoms with E-state index in [-0.39, 0.29) is 11.4 Å². The highest BCUT2D eigenvalue weighted by Crippen LogP contribution is 2.21. The number of amides is 1. The van der Waals surface area contributed by atoms with Crippen LogP contribution < -0.4 is 5.32 Å². The van der Waals surface area contributed by atoms with Crippen LogP contribution in [0, 0.1) is 0 Å². The van der Waals surface area contributed by atoms with Crippen molar-refractivity contribution in [2.75, 3.05) is 5.32 Å². The molecule has 2 heterocycles. The lowest BCUT2D eigenvalue weighted by Gasteiger charge is -2.23. The number of carbonyl (C=O) groups excluding carboxylic acids is 1. The summed E-state index contributed by atoms with van der Waals surface area (Å²) in [5, 5.41) is 19.9. The third-order valence-electron chi connectivity index (χ3n) is 3.07. The van der Waals surface area contributed by atoms with E-state index >= 15 is 0 Å². The first-order valence-corrected chi connectivity index (χ1v) is 6.38. The van der Waals surface area contributed by atoms with E-state index in [1.165, 1.54) is 35.0 Å². The maximum absolute atomic E-state index is 12.4. The molecule has 0 aliphatic rings. The molecule has 8 nitrogen and oxygen atoms in total. The number of carbonyl (C=O) groups is 2. The van der Waals surface area contributed by atoms with Crippen molar-refractivity contribution in [3.63, 3.8) is 0 Å². The first kappa shape index (κ1) is 15.0. The zero-order chi connectivity index (χ0) is 15.8. The van der Waals surface area contributed by atoms with E-state index in [9.17, 15) is 9.59 Å². The summed E-state index contributed by atoms with van der Waals surface area (Å²) in [5.41, 5.74) is -1.02. The molecule has 0 fully saturated rings. The van der Waals surface area contributed by atoms with Crippen LogP contribution in [0.4, 0.5) is 5.69 Å². The number of aromatic nitrogens is 4. The Morgan fingerprint density at radius 2 is 2.00 bits per heavy atom. The number of hydrogen-bond donors (Lipinski definition) is 2. The third-order valence-corrected chi connectivity index (χ3v) is 3.26. The minimum atomic E-state index is -1.18. The van der Waals surface area contributed by atoms with Gasteiger partial charge in [0.15, 0.2) is 5.69 Å². The molecule has 0 aliphatic heterocycles. The van der Waals surface area contributed by atoms with Gasteiger partial charge in [0.2, 0.25) is 0 Å². The van der Waals surface area contributed by atoms with Crippen molar-refractivity contribution in [1.82, 2.24) is 19.6 Å². The van der Waals surface area contributed by atoms with Crippen LogP contribution in [-0.4, -0.2) is 36.5 Å². The Labute approximate surface area is 125 Å². The zero-order valence-corrected chi connectivity index (χ0v) is 12.4. The van der Waals surface area contributed by atoms with E-state index in [1.54, 1.807) is 13.8 Å². The van der Waals surface area contributed by atoms with Crippen LogP contribution in [0.5, 0.6) is 0 Å². The number of aryl methyl sites for hydroxylation is 1. The SMILES string of the molecule is Cn1ncc(NC(=O)C(C)(C)n2cc(Cl)cn2)c1C(=O)O. The van der Waals surface area contributed by atoms with Crippen molar-refractivity contribution in [1.29, 1.82) is 0 Å². The first-order chi connectivity index (χ1) is 9.73. The predicted octanol–water partition coefficient (Wildman–Crippen LogP) is 1.34. The standard InChI is InChI=1S/C12H14ClN5O3/c1-12(2,18-6-7(13)4-15-18)11(21)16-8-5-14-17(3)9(8)10(19)20/h4-6H,1-3H3,(H,16,21)(H,19,20). The van der Waals surface area contributed by atoms with E-state index < -0.39 is 17.4 Å². The highest BCUT2D eigenvalue weighted by molar-refractivity contribution is 6.30. The maximum Gasteiger partial charge on any atom is 0.356 e. The van der Waals surface area contributed by atoms with E-state index in [4.69, 9.17) is 16.7 Å². The highest BCUT2D eigenvalue weighted by atomic mass is 35.5. The van der Waals surface area contributed by atoms with Gasteiger partial charge in [0.25, 0.3) is 5.91 Å². The van der Waals surface area contributed by atoms with Gasteiger partial charge < -0.3 is 10.4 Å². The predicted molar refractivity (Wildman–Crippen MR) is 75.4 cm³/mol. The van der Waals surface area contributed by atoms with Crippen molar-refractivity contribution in [3.05, 3.63) is 29.3 Å². The van der Waals surface area contributed by atoms with E-state index in [2.05, 4.69) is 15.5 Å². The number of carboxylic acid groups (broad SMARTS) is 1. The van der Waals surface area contributed by atoms with Gasteiger partial charge in [-0.3, -0.25) is 14.2 Å². The summed E-state index contributed by atoms with van der Waals surface area (Å²) in [4.78, 5) is 23.5. The summed E-state index contributed by atoms with van der Waals surface area (Å²) in [7, 11) is 1.48. The summed E-state index contributed by atoms with van der Waals surface area (Å²) in [6, 6.07) is 0. The van der Waals surface area contributed by atoms with Gasteiger partial charge in [-0.15, -0.1) is 0 Å². The largest absolute Gasteiger partial charge is 0.476 e. The number of nitrogens with one attached hydrogen (secondary N) is 1. The Kier molecular flexibility index (Phi) is 3.73. The van der Waals surface area contributed by atoms with E-state index in [0.29, 0.717) is 5.02 Å². The fourth-order valence-electron chi connectivity index (χ4n) is 1.77. The normalized spacial score (nSPS) is 11.4. The average molecular weight is 312 g/mol. The van der Waals surface area contributed by atoms with Gasteiger partial charge in [-0.1, -0.05) is 11.6 Å². The minimum absolute atomic E-state index is 0.0994. The second-order valence-corrected chi connectivity index (χ2v) is 5.39. The molecule has 112 valence electrons. The van der Waals surface area contributed by atoms with Gasteiger partial charge in [-0.2, -0.15) is 10.2 Å². The average Bonchev–Trinajstić information content (AvgIpc) is 2.96. The second kappa shape index (κ2) is 5.21. The maximum atomic E-state index is 12.4. The number of carboxylic acids is 1.